The minimum absolute atomic E-state index is 0.00529. The van der Waals surface area contributed by atoms with E-state index in [9.17, 15) is 22.8 Å². The number of anilines is 1. The van der Waals surface area contributed by atoms with Crippen molar-refractivity contribution < 1.29 is 32.3 Å². The fourth-order valence-corrected chi connectivity index (χ4v) is 5.34. The van der Waals surface area contributed by atoms with Gasteiger partial charge in [0.2, 0.25) is 0 Å². The smallest absolute Gasteiger partial charge is 0.408 e. The van der Waals surface area contributed by atoms with E-state index in [-0.39, 0.29) is 10.8 Å². The molecule has 0 heterocycles. The second kappa shape index (κ2) is 13.6. The van der Waals surface area contributed by atoms with Crippen LogP contribution in [0, 0.1) is 0 Å². The molecule has 11 heteroatoms. The summed E-state index contributed by atoms with van der Waals surface area (Å²) in [7, 11) is -3.87. The highest BCUT2D eigenvalue weighted by Crippen LogP contribution is 2.22. The van der Waals surface area contributed by atoms with Crippen molar-refractivity contribution >= 4 is 33.5 Å². The largest absolute Gasteiger partial charge is 0.458 e. The maximum atomic E-state index is 13.1. The van der Waals surface area contributed by atoms with Crippen LogP contribution in [0.15, 0.2) is 59.5 Å². The Morgan fingerprint density at radius 1 is 0.897 bits per heavy atom. The lowest BCUT2D eigenvalue weighted by molar-refractivity contribution is -0.157. The number of nitrogens with one attached hydrogen (secondary N) is 2. The third kappa shape index (κ3) is 11.1. The number of hydrogen-bond donors (Lipinski definition) is 3. The summed E-state index contributed by atoms with van der Waals surface area (Å²) >= 11 is 0. The molecule has 2 aromatic carbocycles. The number of ether oxygens (including phenoxy) is 2. The summed E-state index contributed by atoms with van der Waals surface area (Å²) < 4.78 is 36.9. The highest BCUT2D eigenvalue weighted by atomic mass is 32.2. The number of carbonyl (C=O) groups excluding carboxylic acids is 3. The van der Waals surface area contributed by atoms with Crippen LogP contribution in [0.2, 0.25) is 0 Å². The first kappa shape index (κ1) is 31.8. The van der Waals surface area contributed by atoms with E-state index in [2.05, 4.69) is 10.6 Å². The van der Waals surface area contributed by atoms with Crippen molar-refractivity contribution in [1.29, 1.82) is 0 Å². The number of amides is 2. The van der Waals surface area contributed by atoms with Gasteiger partial charge in [0.1, 0.15) is 17.2 Å². The number of esters is 1. The van der Waals surface area contributed by atoms with Crippen LogP contribution in [0.1, 0.15) is 64.2 Å². The van der Waals surface area contributed by atoms with Crippen LogP contribution in [-0.2, 0) is 24.1 Å². The Labute approximate surface area is 230 Å². The minimum Gasteiger partial charge on any atom is -0.458 e. The lowest BCUT2D eigenvalue weighted by atomic mass is 10.1. The van der Waals surface area contributed by atoms with Crippen molar-refractivity contribution in [1.82, 2.24) is 5.32 Å². The van der Waals surface area contributed by atoms with Gasteiger partial charge in [-0.1, -0.05) is 18.2 Å². The molecule has 0 spiro atoms. The molecule has 10 nitrogen and oxygen atoms in total. The van der Waals surface area contributed by atoms with E-state index < -0.39 is 44.9 Å². The van der Waals surface area contributed by atoms with Crippen LogP contribution in [0.5, 0.6) is 0 Å². The summed E-state index contributed by atoms with van der Waals surface area (Å²) in [6.45, 7) is 8.54. The molecule has 0 unspecified atom stereocenters. The number of carbonyl (C=O) groups is 3. The minimum atomic E-state index is -3.87. The maximum Gasteiger partial charge on any atom is 0.408 e. The van der Waals surface area contributed by atoms with Crippen LogP contribution in [0.25, 0.3) is 0 Å². The second-order valence-electron chi connectivity index (χ2n) is 10.8. The van der Waals surface area contributed by atoms with E-state index in [4.69, 9.17) is 15.2 Å². The van der Waals surface area contributed by atoms with Gasteiger partial charge in [-0.3, -0.25) is 4.79 Å². The van der Waals surface area contributed by atoms with Crippen molar-refractivity contribution in [3.05, 3.63) is 60.2 Å². The summed E-state index contributed by atoms with van der Waals surface area (Å²) in [5.74, 6) is -1.44. The number of sulfone groups is 1. The molecule has 0 fully saturated rings. The van der Waals surface area contributed by atoms with Crippen LogP contribution < -0.4 is 16.4 Å². The lowest BCUT2D eigenvalue weighted by Crippen LogP contribution is -2.47. The van der Waals surface area contributed by atoms with Crippen LogP contribution in [0.4, 0.5) is 10.5 Å². The van der Waals surface area contributed by atoms with Gasteiger partial charge in [-0.05, 0) is 96.8 Å². The standard InChI is InChI=1S/C28H39N3O7S/c1-27(2,3)37-25(33)23(13-9-10-18-29)31-26(34)38-28(4,5)19-39(35,36)22-16-14-21(15-17-22)30-24(32)20-11-7-6-8-12-20/h6-8,11-12,14-17,23H,9-10,13,18-19,29H2,1-5H3,(H,30,32)(H,31,34)/t23-/m0/s1. The van der Waals surface area contributed by atoms with E-state index >= 15 is 0 Å². The van der Waals surface area contributed by atoms with Gasteiger partial charge < -0.3 is 25.8 Å². The molecule has 2 amide bonds. The Balaban J connectivity index is 2.03. The number of benzene rings is 2. The molecule has 0 aliphatic carbocycles. The highest BCUT2D eigenvalue weighted by molar-refractivity contribution is 7.91. The van der Waals surface area contributed by atoms with E-state index in [1.165, 1.54) is 38.1 Å². The monoisotopic (exact) mass is 561 g/mol. The van der Waals surface area contributed by atoms with Gasteiger partial charge >= 0.3 is 12.1 Å². The maximum absolute atomic E-state index is 13.1. The highest BCUT2D eigenvalue weighted by Gasteiger charge is 2.33. The number of hydrogen-bond acceptors (Lipinski definition) is 8. The molecule has 39 heavy (non-hydrogen) atoms. The van der Waals surface area contributed by atoms with Gasteiger partial charge in [-0.25, -0.2) is 18.0 Å². The van der Waals surface area contributed by atoms with E-state index in [0.717, 1.165) is 0 Å². The molecule has 0 aliphatic heterocycles. The molecule has 1 atom stereocenters. The Bertz CT molecular complexity index is 1220. The van der Waals surface area contributed by atoms with Crippen LogP contribution >= 0.6 is 0 Å². The van der Waals surface area contributed by atoms with E-state index in [0.29, 0.717) is 37.1 Å². The summed E-state index contributed by atoms with van der Waals surface area (Å²) in [6.07, 6.45) is 0.611. The number of nitrogens with two attached hydrogens (primary N) is 1. The van der Waals surface area contributed by atoms with Crippen LogP contribution in [-0.4, -0.2) is 55.9 Å². The predicted molar refractivity (Wildman–Crippen MR) is 149 cm³/mol. The van der Waals surface area contributed by atoms with Gasteiger partial charge in [-0.15, -0.1) is 0 Å². The third-order valence-electron chi connectivity index (χ3n) is 5.34. The number of alkyl carbamates (subject to hydrolysis) is 1. The number of unbranched alkanes of at least 4 members (excludes halogenated alkanes) is 1. The fourth-order valence-electron chi connectivity index (χ4n) is 3.65. The van der Waals surface area contributed by atoms with Crippen molar-refractivity contribution in [3.8, 4) is 0 Å². The molecular weight excluding hydrogens is 522 g/mol. The van der Waals surface area contributed by atoms with Crippen molar-refractivity contribution in [2.45, 2.75) is 76.0 Å². The first-order valence-electron chi connectivity index (χ1n) is 12.7. The molecule has 2 aromatic rings. The number of rotatable bonds is 12. The summed E-state index contributed by atoms with van der Waals surface area (Å²) in [6, 6.07) is 13.4. The van der Waals surface area contributed by atoms with E-state index in [1.54, 1.807) is 51.1 Å². The lowest BCUT2D eigenvalue weighted by Gasteiger charge is -2.28. The van der Waals surface area contributed by atoms with Gasteiger partial charge in [0.05, 0.1) is 10.6 Å². The molecular formula is C28H39N3O7S. The van der Waals surface area contributed by atoms with Crippen molar-refractivity contribution in [3.63, 3.8) is 0 Å². The zero-order valence-electron chi connectivity index (χ0n) is 23.2. The second-order valence-corrected chi connectivity index (χ2v) is 12.8. The molecule has 0 saturated heterocycles. The quantitative estimate of drug-likeness (QED) is 0.259. The topological polar surface area (TPSA) is 154 Å². The Morgan fingerprint density at radius 2 is 1.51 bits per heavy atom. The summed E-state index contributed by atoms with van der Waals surface area (Å²) in [5.41, 5.74) is 4.27. The van der Waals surface area contributed by atoms with Gasteiger partial charge in [0, 0.05) is 11.3 Å². The normalized spacial score (nSPS) is 12.8. The van der Waals surface area contributed by atoms with Crippen molar-refractivity contribution in [2.75, 3.05) is 17.6 Å². The van der Waals surface area contributed by atoms with Gasteiger partial charge in [0.25, 0.3) is 5.91 Å². The van der Waals surface area contributed by atoms with Gasteiger partial charge in [-0.2, -0.15) is 0 Å². The summed E-state index contributed by atoms with van der Waals surface area (Å²) in [4.78, 5) is 37.6. The Kier molecular flexibility index (Phi) is 11.1. The zero-order chi connectivity index (χ0) is 29.3. The molecule has 0 saturated carbocycles. The Morgan fingerprint density at radius 3 is 2.08 bits per heavy atom. The van der Waals surface area contributed by atoms with Crippen LogP contribution in [0.3, 0.4) is 0 Å². The molecule has 0 bridgehead atoms. The first-order chi connectivity index (χ1) is 18.1. The van der Waals surface area contributed by atoms with Crippen molar-refractivity contribution in [2.24, 2.45) is 5.73 Å². The van der Waals surface area contributed by atoms with Gasteiger partial charge in [0.15, 0.2) is 9.84 Å². The molecule has 4 N–H and O–H groups in total. The van der Waals surface area contributed by atoms with E-state index in [1.807, 2.05) is 0 Å². The summed E-state index contributed by atoms with van der Waals surface area (Å²) in [5, 5.41) is 5.22. The SMILES string of the molecule is CC(C)(C)OC(=O)[C@H](CCCCN)NC(=O)OC(C)(C)CS(=O)(=O)c1ccc(NC(=O)c2ccccc2)cc1. The Hall–Kier alpha value is -3.44. The average molecular weight is 562 g/mol. The molecule has 0 radical (unpaired) electrons. The predicted octanol–water partition coefficient (Wildman–Crippen LogP) is 4.06. The third-order valence-corrected chi connectivity index (χ3v) is 7.41. The molecule has 0 aliphatic rings. The molecule has 0 aromatic heterocycles. The fraction of sp³-hybridized carbons (Fsp3) is 0.464. The first-order valence-corrected chi connectivity index (χ1v) is 14.4. The molecule has 214 valence electrons. The average Bonchev–Trinajstić information content (AvgIpc) is 2.82. The zero-order valence-corrected chi connectivity index (χ0v) is 24.0. The molecule has 2 rings (SSSR count).